The molecule has 0 N–H and O–H groups in total. The number of benzene rings is 2. The standard InChI is InChI=1S/C27H33N3O3S/c1-2-20-6-7-23-18-24(9-8-22(23)17-20)34(32,33)16-12-27(31)29-14-10-21(11-15-29)25-19-28-26-5-3-4-13-30(25)26/h6-9,17-19,21H,2-5,10-16H2,1H3. The number of sulfone groups is 1. The molecule has 0 unspecified atom stereocenters. The van der Waals surface area contributed by atoms with Crippen LogP contribution in [-0.2, 0) is 34.0 Å². The molecule has 0 atom stereocenters. The average molecular weight is 480 g/mol. The Labute approximate surface area is 201 Å². The summed E-state index contributed by atoms with van der Waals surface area (Å²) >= 11 is 0. The lowest BCUT2D eigenvalue weighted by Gasteiger charge is -2.33. The van der Waals surface area contributed by atoms with Crippen LogP contribution in [0.5, 0.6) is 0 Å². The monoisotopic (exact) mass is 479 g/mol. The van der Waals surface area contributed by atoms with Gasteiger partial charge in [0.1, 0.15) is 5.82 Å². The van der Waals surface area contributed by atoms with E-state index in [0.29, 0.717) is 23.9 Å². The van der Waals surface area contributed by atoms with Crippen molar-refractivity contribution in [1.82, 2.24) is 14.5 Å². The summed E-state index contributed by atoms with van der Waals surface area (Å²) in [5.74, 6) is 1.41. The second kappa shape index (κ2) is 9.53. The van der Waals surface area contributed by atoms with Crippen LogP contribution in [0.15, 0.2) is 47.5 Å². The quantitative estimate of drug-likeness (QED) is 0.522. The fraction of sp³-hybridized carbons (Fsp3) is 0.481. The van der Waals surface area contributed by atoms with Crippen molar-refractivity contribution in [3.63, 3.8) is 0 Å². The van der Waals surface area contributed by atoms with Crippen LogP contribution in [-0.4, -0.2) is 47.6 Å². The third-order valence-corrected chi connectivity index (χ3v) is 9.21. The lowest BCUT2D eigenvalue weighted by Crippen LogP contribution is -2.39. The number of fused-ring (bicyclic) bond motifs is 2. The van der Waals surface area contributed by atoms with Crippen LogP contribution < -0.4 is 0 Å². The van der Waals surface area contributed by atoms with Gasteiger partial charge in [0, 0.05) is 50.3 Å². The van der Waals surface area contributed by atoms with E-state index >= 15 is 0 Å². The molecule has 3 aromatic rings. The van der Waals surface area contributed by atoms with Crippen LogP contribution in [0.2, 0.25) is 0 Å². The summed E-state index contributed by atoms with van der Waals surface area (Å²) in [6.45, 7) is 4.51. The Kier molecular flexibility index (Phi) is 6.47. The Hall–Kier alpha value is -2.67. The number of aromatic nitrogens is 2. The van der Waals surface area contributed by atoms with Gasteiger partial charge in [-0.15, -0.1) is 0 Å². The molecule has 34 heavy (non-hydrogen) atoms. The predicted octanol–water partition coefficient (Wildman–Crippen LogP) is 4.51. The summed E-state index contributed by atoms with van der Waals surface area (Å²) in [4.78, 5) is 19.6. The molecule has 2 aliphatic heterocycles. The first-order chi connectivity index (χ1) is 16.4. The first-order valence-electron chi connectivity index (χ1n) is 12.5. The van der Waals surface area contributed by atoms with E-state index in [1.807, 2.05) is 29.3 Å². The molecule has 1 amide bonds. The maximum absolute atomic E-state index is 12.9. The molecule has 6 nitrogen and oxygen atoms in total. The smallest absolute Gasteiger partial charge is 0.223 e. The topological polar surface area (TPSA) is 72.3 Å². The van der Waals surface area contributed by atoms with E-state index in [1.165, 1.54) is 29.9 Å². The Bertz CT molecular complexity index is 1300. The lowest BCUT2D eigenvalue weighted by atomic mass is 9.93. The number of rotatable bonds is 6. The summed E-state index contributed by atoms with van der Waals surface area (Å²) in [6, 6.07) is 11.4. The number of hydrogen-bond acceptors (Lipinski definition) is 4. The number of piperidine rings is 1. The molecule has 0 spiro atoms. The van der Waals surface area contributed by atoms with Gasteiger partial charge in [-0.05, 0) is 60.6 Å². The summed E-state index contributed by atoms with van der Waals surface area (Å²) in [6.07, 6.45) is 8.30. The third-order valence-electron chi connectivity index (χ3n) is 7.50. The maximum atomic E-state index is 12.9. The first-order valence-corrected chi connectivity index (χ1v) is 14.2. The van der Waals surface area contributed by atoms with Gasteiger partial charge in [0.2, 0.25) is 5.91 Å². The second-order valence-electron chi connectivity index (χ2n) is 9.63. The Morgan fingerprint density at radius 1 is 1.03 bits per heavy atom. The van der Waals surface area contributed by atoms with Gasteiger partial charge in [-0.2, -0.15) is 0 Å². The van der Waals surface area contributed by atoms with Gasteiger partial charge in [0.25, 0.3) is 0 Å². The molecule has 0 radical (unpaired) electrons. The Morgan fingerprint density at radius 2 is 1.79 bits per heavy atom. The highest BCUT2D eigenvalue weighted by molar-refractivity contribution is 7.91. The zero-order valence-electron chi connectivity index (χ0n) is 19.9. The Balaban J connectivity index is 1.18. The van der Waals surface area contributed by atoms with Gasteiger partial charge in [0.05, 0.1) is 10.6 Å². The van der Waals surface area contributed by atoms with Crippen LogP contribution in [0, 0.1) is 0 Å². The number of imidazole rings is 1. The maximum Gasteiger partial charge on any atom is 0.223 e. The number of likely N-dealkylation sites (tertiary alicyclic amines) is 1. The van der Waals surface area contributed by atoms with Gasteiger partial charge >= 0.3 is 0 Å². The van der Waals surface area contributed by atoms with E-state index in [-0.39, 0.29) is 18.1 Å². The lowest BCUT2D eigenvalue weighted by molar-refractivity contribution is -0.131. The highest BCUT2D eigenvalue weighted by Gasteiger charge is 2.28. The predicted molar refractivity (Wildman–Crippen MR) is 134 cm³/mol. The van der Waals surface area contributed by atoms with Gasteiger partial charge in [0.15, 0.2) is 9.84 Å². The zero-order valence-corrected chi connectivity index (χ0v) is 20.7. The van der Waals surface area contributed by atoms with E-state index in [2.05, 4.69) is 22.5 Å². The van der Waals surface area contributed by atoms with Crippen molar-refractivity contribution in [1.29, 1.82) is 0 Å². The molecule has 0 saturated carbocycles. The zero-order chi connectivity index (χ0) is 23.7. The summed E-state index contributed by atoms with van der Waals surface area (Å²) in [5.41, 5.74) is 2.54. The fourth-order valence-electron chi connectivity index (χ4n) is 5.37. The van der Waals surface area contributed by atoms with Crippen LogP contribution in [0.1, 0.15) is 62.0 Å². The van der Waals surface area contributed by atoms with Gasteiger partial charge in [-0.1, -0.05) is 31.2 Å². The minimum Gasteiger partial charge on any atom is -0.343 e. The molecule has 1 aromatic heterocycles. The highest BCUT2D eigenvalue weighted by atomic mass is 32.2. The molecular formula is C27H33N3O3S. The average Bonchev–Trinajstić information content (AvgIpc) is 3.31. The van der Waals surface area contributed by atoms with Crippen molar-refractivity contribution in [2.75, 3.05) is 18.8 Å². The number of carbonyl (C=O) groups is 1. The summed E-state index contributed by atoms with van der Waals surface area (Å²) < 4.78 is 28.3. The first kappa shape index (κ1) is 23.1. The van der Waals surface area contributed by atoms with Crippen LogP contribution >= 0.6 is 0 Å². The van der Waals surface area contributed by atoms with Gasteiger partial charge in [-0.25, -0.2) is 13.4 Å². The van der Waals surface area contributed by atoms with E-state index < -0.39 is 9.84 Å². The van der Waals surface area contributed by atoms with Crippen LogP contribution in [0.3, 0.4) is 0 Å². The number of aryl methyl sites for hydroxylation is 2. The molecule has 180 valence electrons. The number of amides is 1. The van der Waals surface area contributed by atoms with Gasteiger partial charge in [-0.3, -0.25) is 4.79 Å². The number of hydrogen-bond donors (Lipinski definition) is 0. The van der Waals surface area contributed by atoms with Crippen LogP contribution in [0.4, 0.5) is 0 Å². The number of carbonyl (C=O) groups excluding carboxylic acids is 1. The normalized spacial score (nSPS) is 17.1. The van der Waals surface area contributed by atoms with E-state index in [9.17, 15) is 13.2 Å². The molecule has 0 bridgehead atoms. The summed E-state index contributed by atoms with van der Waals surface area (Å²) in [5, 5.41) is 1.95. The van der Waals surface area contributed by atoms with Crippen molar-refractivity contribution >= 4 is 26.5 Å². The molecule has 2 aliphatic rings. The largest absolute Gasteiger partial charge is 0.343 e. The molecule has 1 saturated heterocycles. The van der Waals surface area contributed by atoms with Crippen molar-refractivity contribution < 1.29 is 13.2 Å². The molecule has 2 aromatic carbocycles. The van der Waals surface area contributed by atoms with Crippen molar-refractivity contribution in [2.24, 2.45) is 0 Å². The minimum atomic E-state index is -3.52. The van der Waals surface area contributed by atoms with E-state index in [0.717, 1.165) is 43.0 Å². The highest BCUT2D eigenvalue weighted by Crippen LogP contribution is 2.31. The molecular weight excluding hydrogens is 446 g/mol. The fourth-order valence-corrected chi connectivity index (χ4v) is 6.64. The second-order valence-corrected chi connectivity index (χ2v) is 11.7. The minimum absolute atomic E-state index is 0.0297. The third kappa shape index (κ3) is 4.63. The molecule has 5 rings (SSSR count). The molecule has 7 heteroatoms. The van der Waals surface area contributed by atoms with E-state index in [4.69, 9.17) is 0 Å². The molecule has 0 aliphatic carbocycles. The van der Waals surface area contributed by atoms with Crippen molar-refractivity contribution in [3.8, 4) is 0 Å². The van der Waals surface area contributed by atoms with E-state index in [1.54, 1.807) is 12.1 Å². The SMILES string of the molecule is CCc1ccc2cc(S(=O)(=O)CCC(=O)N3CCC(c4cnc5n4CCCC5)CC3)ccc2c1. The van der Waals surface area contributed by atoms with Crippen LogP contribution in [0.25, 0.3) is 10.8 Å². The molecule has 1 fully saturated rings. The number of nitrogens with zero attached hydrogens (tertiary/aromatic N) is 3. The molecule has 3 heterocycles. The van der Waals surface area contributed by atoms with Crippen molar-refractivity contribution in [3.05, 3.63) is 59.7 Å². The van der Waals surface area contributed by atoms with Crippen molar-refractivity contribution in [2.45, 2.75) is 69.2 Å². The Morgan fingerprint density at radius 3 is 2.59 bits per heavy atom. The van der Waals surface area contributed by atoms with Gasteiger partial charge < -0.3 is 9.47 Å². The summed E-state index contributed by atoms with van der Waals surface area (Å²) in [7, 11) is -3.52.